The summed E-state index contributed by atoms with van der Waals surface area (Å²) in [6, 6.07) is 20.4. The fourth-order valence-corrected chi connectivity index (χ4v) is 7.65. The Morgan fingerprint density at radius 1 is 0.917 bits per heavy atom. The Balaban J connectivity index is 1.28. The number of carbonyl (C=O) groups excluding carboxylic acids is 4. The van der Waals surface area contributed by atoms with E-state index in [2.05, 4.69) is 16.0 Å². The number of benzene rings is 3. The van der Waals surface area contributed by atoms with Crippen LogP contribution in [0.5, 0.6) is 0 Å². The van der Waals surface area contributed by atoms with Gasteiger partial charge >= 0.3 is 5.97 Å². The minimum atomic E-state index is -0.575. The smallest absolute Gasteiger partial charge is 0.341 e. The lowest BCUT2D eigenvalue weighted by molar-refractivity contribution is -0.114. The number of nitrogens with one attached hydrogen (secondary N) is 3. The Morgan fingerprint density at radius 3 is 2.48 bits per heavy atom. The quantitative estimate of drug-likeness (QED) is 0.0619. The van der Waals surface area contributed by atoms with Crippen LogP contribution in [0, 0.1) is 0 Å². The molecule has 0 bridgehead atoms. The molecule has 0 radical (unpaired) electrons. The van der Waals surface area contributed by atoms with Gasteiger partial charge in [-0.1, -0.05) is 60.0 Å². The van der Waals surface area contributed by atoms with Gasteiger partial charge in [0.2, 0.25) is 5.91 Å². The maximum atomic E-state index is 13.5. The molecule has 48 heavy (non-hydrogen) atoms. The molecule has 4 aromatic rings. The first-order valence-corrected chi connectivity index (χ1v) is 18.0. The molecule has 3 N–H and O–H groups in total. The van der Waals surface area contributed by atoms with E-state index in [-0.39, 0.29) is 24.0 Å². The van der Waals surface area contributed by atoms with E-state index in [1.165, 1.54) is 29.2 Å². The molecule has 0 saturated carbocycles. The Kier molecular flexibility index (Phi) is 12.4. The van der Waals surface area contributed by atoms with Gasteiger partial charge in [0.15, 0.2) is 0 Å². The number of anilines is 2. The molecule has 0 spiro atoms. The van der Waals surface area contributed by atoms with Gasteiger partial charge in [-0.3, -0.25) is 14.4 Å². The maximum Gasteiger partial charge on any atom is 0.341 e. The molecule has 248 valence electrons. The third-order valence-electron chi connectivity index (χ3n) is 7.41. The molecule has 5 rings (SSSR count). The van der Waals surface area contributed by atoms with Crippen molar-refractivity contribution < 1.29 is 23.9 Å². The van der Waals surface area contributed by atoms with Crippen molar-refractivity contribution in [1.82, 2.24) is 5.32 Å². The average Bonchev–Trinajstić information content (AvgIpc) is 3.24. The van der Waals surface area contributed by atoms with Crippen LogP contribution >= 0.6 is 46.3 Å². The van der Waals surface area contributed by atoms with E-state index in [4.69, 9.17) is 27.9 Å². The minimum Gasteiger partial charge on any atom is -0.462 e. The molecule has 1 aliphatic rings. The molecule has 0 unspecified atom stereocenters. The van der Waals surface area contributed by atoms with Crippen molar-refractivity contribution in [1.29, 1.82) is 0 Å². The Hall–Kier alpha value is -4.09. The lowest BCUT2D eigenvalue weighted by atomic mass is 10.1. The van der Waals surface area contributed by atoms with E-state index < -0.39 is 17.8 Å². The highest BCUT2D eigenvalue weighted by Crippen LogP contribution is 2.38. The first-order chi connectivity index (χ1) is 23.2. The zero-order chi connectivity index (χ0) is 34.0. The molecule has 1 aromatic heterocycles. The Labute approximate surface area is 297 Å². The predicted octanol–water partition coefficient (Wildman–Crippen LogP) is 8.64. The van der Waals surface area contributed by atoms with Crippen molar-refractivity contribution >= 4 is 86.8 Å². The Bertz CT molecular complexity index is 1860. The number of carbonyl (C=O) groups is 4. The van der Waals surface area contributed by atoms with Crippen LogP contribution in [-0.2, 0) is 27.2 Å². The number of hydrogen-bond donors (Lipinski definition) is 3. The maximum absolute atomic E-state index is 13.5. The molecular weight excluding hydrogens is 689 g/mol. The zero-order valence-electron chi connectivity index (χ0n) is 26.1. The van der Waals surface area contributed by atoms with Gasteiger partial charge in [0.25, 0.3) is 11.8 Å². The number of ether oxygens (including phenoxy) is 1. The van der Waals surface area contributed by atoms with Crippen LogP contribution in [-0.4, -0.2) is 36.1 Å². The van der Waals surface area contributed by atoms with E-state index >= 15 is 0 Å². The van der Waals surface area contributed by atoms with Crippen molar-refractivity contribution in [3.8, 4) is 0 Å². The third-order valence-corrected chi connectivity index (χ3v) is 10.2. The second kappa shape index (κ2) is 16.8. The second-order valence-electron chi connectivity index (χ2n) is 10.9. The first-order valence-electron chi connectivity index (χ1n) is 15.4. The minimum absolute atomic E-state index is 0.0303. The van der Waals surface area contributed by atoms with E-state index in [1.54, 1.807) is 73.7 Å². The molecule has 3 amide bonds. The number of thioether (sulfide) groups is 1. The van der Waals surface area contributed by atoms with Crippen molar-refractivity contribution in [3.05, 3.63) is 116 Å². The van der Waals surface area contributed by atoms with Crippen molar-refractivity contribution in [3.63, 3.8) is 0 Å². The number of thiophene rings is 1. The van der Waals surface area contributed by atoms with Crippen molar-refractivity contribution in [2.45, 2.75) is 43.9 Å². The summed E-state index contributed by atoms with van der Waals surface area (Å²) in [5.41, 5.74) is 2.76. The molecule has 3 aromatic carbocycles. The molecule has 12 heteroatoms. The van der Waals surface area contributed by atoms with Crippen LogP contribution in [0.1, 0.15) is 62.9 Å². The predicted molar refractivity (Wildman–Crippen MR) is 194 cm³/mol. The fraction of sp³-hybridized carbons (Fsp3) is 0.222. The van der Waals surface area contributed by atoms with Crippen LogP contribution in [0.3, 0.4) is 0 Å². The van der Waals surface area contributed by atoms with Crippen LogP contribution in [0.15, 0.2) is 83.4 Å². The van der Waals surface area contributed by atoms with Crippen LogP contribution < -0.4 is 16.0 Å². The van der Waals surface area contributed by atoms with E-state index in [9.17, 15) is 19.2 Å². The van der Waals surface area contributed by atoms with Crippen molar-refractivity contribution in [2.24, 2.45) is 0 Å². The molecular formula is C36H33Cl2N3O5S2. The summed E-state index contributed by atoms with van der Waals surface area (Å²) in [5, 5.41) is 9.74. The zero-order valence-corrected chi connectivity index (χ0v) is 29.2. The largest absolute Gasteiger partial charge is 0.462 e. The van der Waals surface area contributed by atoms with E-state index in [0.717, 1.165) is 47.4 Å². The first kappa shape index (κ1) is 35.2. The van der Waals surface area contributed by atoms with Crippen LogP contribution in [0.2, 0.25) is 10.0 Å². The van der Waals surface area contributed by atoms with Gasteiger partial charge in [-0.2, -0.15) is 0 Å². The number of amides is 3. The number of esters is 1. The van der Waals surface area contributed by atoms with Gasteiger partial charge in [-0.25, -0.2) is 4.79 Å². The standard InChI is InChI=1S/C36H33Cl2N3O5S2/c1-2-46-36(45)32-27-14-7-4-8-15-30(27)48-35(32)41-31(42)21-47-26-13-9-12-25(20-26)39-34(44)29(18-23-16-17-24(37)19-28(23)38)40-33(43)22-10-5-3-6-11-22/h3,5-6,9-13,16-20H,2,4,7-8,14-15,21H2,1H3,(H,39,44)(H,40,43)(H,41,42)/b29-18+. The highest BCUT2D eigenvalue weighted by molar-refractivity contribution is 8.00. The number of aryl methyl sites for hydroxylation is 1. The van der Waals surface area contributed by atoms with E-state index in [1.807, 2.05) is 6.07 Å². The van der Waals surface area contributed by atoms with Crippen LogP contribution in [0.4, 0.5) is 10.7 Å². The average molecular weight is 723 g/mol. The second-order valence-corrected chi connectivity index (χ2v) is 13.8. The van der Waals surface area contributed by atoms with Gasteiger partial charge < -0.3 is 20.7 Å². The molecule has 1 heterocycles. The van der Waals surface area contributed by atoms with Gasteiger partial charge in [-0.15, -0.1) is 23.1 Å². The number of hydrogen-bond acceptors (Lipinski definition) is 7. The molecule has 0 fully saturated rings. The summed E-state index contributed by atoms with van der Waals surface area (Å²) in [7, 11) is 0. The van der Waals surface area contributed by atoms with E-state index in [0.29, 0.717) is 37.4 Å². The van der Waals surface area contributed by atoms with Gasteiger partial charge in [0, 0.05) is 31.1 Å². The normalized spacial score (nSPS) is 12.8. The van der Waals surface area contributed by atoms with Crippen molar-refractivity contribution in [2.75, 3.05) is 23.0 Å². The van der Waals surface area contributed by atoms with Crippen LogP contribution in [0.25, 0.3) is 6.08 Å². The molecule has 0 aliphatic heterocycles. The number of halogens is 2. The number of rotatable bonds is 11. The number of fused-ring (bicyclic) bond motifs is 1. The van der Waals surface area contributed by atoms with Gasteiger partial charge in [0.1, 0.15) is 10.7 Å². The summed E-state index contributed by atoms with van der Waals surface area (Å²) in [6.45, 7) is 2.02. The summed E-state index contributed by atoms with van der Waals surface area (Å²) in [6.07, 6.45) is 6.32. The third kappa shape index (κ3) is 9.29. The topological polar surface area (TPSA) is 114 Å². The highest BCUT2D eigenvalue weighted by Gasteiger charge is 2.26. The highest BCUT2D eigenvalue weighted by atomic mass is 35.5. The molecule has 8 nitrogen and oxygen atoms in total. The summed E-state index contributed by atoms with van der Waals surface area (Å²) < 4.78 is 5.33. The summed E-state index contributed by atoms with van der Waals surface area (Å²) in [5.74, 6) is -1.63. The molecule has 1 aliphatic carbocycles. The lowest BCUT2D eigenvalue weighted by Gasteiger charge is -2.13. The lowest BCUT2D eigenvalue weighted by Crippen LogP contribution is -2.30. The Morgan fingerprint density at radius 2 is 1.71 bits per heavy atom. The molecule has 0 atom stereocenters. The molecule has 0 saturated heterocycles. The fourth-order valence-electron chi connectivity index (χ4n) is 5.14. The summed E-state index contributed by atoms with van der Waals surface area (Å²) in [4.78, 5) is 54.3. The van der Waals surface area contributed by atoms with Gasteiger partial charge in [0.05, 0.1) is 17.9 Å². The summed E-state index contributed by atoms with van der Waals surface area (Å²) >= 11 is 15.2. The van der Waals surface area contributed by atoms with Gasteiger partial charge in [-0.05, 0) is 92.3 Å². The SMILES string of the molecule is CCOC(=O)c1c(NC(=O)CSc2cccc(NC(=O)/C(=C\c3ccc(Cl)cc3Cl)NC(=O)c3ccccc3)c2)sc2c1CCCCC2. The monoisotopic (exact) mass is 721 g/mol.